The van der Waals surface area contributed by atoms with Crippen LogP contribution in [-0.2, 0) is 18.3 Å². The lowest BCUT2D eigenvalue weighted by atomic mass is 10.1. The Labute approximate surface area is 127 Å². The van der Waals surface area contributed by atoms with Gasteiger partial charge in [0.25, 0.3) is 0 Å². The lowest BCUT2D eigenvalue weighted by Crippen LogP contribution is -2.45. The first-order valence-electron chi connectivity index (χ1n) is 5.75. The largest absolute Gasteiger partial charge is 0.354 e. The van der Waals surface area contributed by atoms with Gasteiger partial charge in [0.15, 0.2) is 0 Å². The molecule has 0 aliphatic rings. The lowest BCUT2D eigenvalue weighted by Gasteiger charge is -2.18. The molecular weight excluding hydrogens is 287 g/mol. The van der Waals surface area contributed by atoms with Gasteiger partial charge in [-0.25, -0.2) is 0 Å². The zero-order chi connectivity index (χ0) is 13.2. The fourth-order valence-electron chi connectivity index (χ4n) is 1.62. The number of rotatable bonds is 4. The van der Waals surface area contributed by atoms with Crippen molar-refractivity contribution in [1.82, 2.24) is 15.1 Å². The third-order valence-electron chi connectivity index (χ3n) is 2.74. The van der Waals surface area contributed by atoms with Crippen LogP contribution in [0.15, 0.2) is 0 Å². The molecule has 0 saturated carbocycles. The number of nitrogens with one attached hydrogen (secondary N) is 1. The van der Waals surface area contributed by atoms with Crippen molar-refractivity contribution in [2.24, 2.45) is 12.8 Å². The second-order valence-corrected chi connectivity index (χ2v) is 5.22. The van der Waals surface area contributed by atoms with Crippen LogP contribution in [0.5, 0.6) is 0 Å². The van der Waals surface area contributed by atoms with E-state index in [1.807, 2.05) is 34.7 Å². The summed E-state index contributed by atoms with van der Waals surface area (Å²) in [5.41, 5.74) is 8.37. The normalized spacial score (nSPS) is 10.4. The summed E-state index contributed by atoms with van der Waals surface area (Å²) in [7, 11) is 1.88. The first-order chi connectivity index (χ1) is 7.70. The minimum Gasteiger partial charge on any atom is -0.354 e. The number of amides is 1. The predicted octanol–water partition coefficient (Wildman–Crippen LogP) is 1.28. The third kappa shape index (κ3) is 6.27. The molecule has 112 valence electrons. The van der Waals surface area contributed by atoms with E-state index in [1.54, 1.807) is 4.68 Å². The van der Waals surface area contributed by atoms with E-state index in [9.17, 15) is 4.79 Å². The molecule has 0 fully saturated rings. The van der Waals surface area contributed by atoms with Crippen molar-refractivity contribution < 1.29 is 4.79 Å². The van der Waals surface area contributed by atoms with E-state index in [2.05, 4.69) is 10.4 Å². The first-order valence-corrected chi connectivity index (χ1v) is 5.75. The summed E-state index contributed by atoms with van der Waals surface area (Å²) in [6.45, 7) is 8.13. The number of hydrogen-bond donors (Lipinski definition) is 2. The second-order valence-electron chi connectivity index (χ2n) is 5.22. The fraction of sp³-hybridized carbons (Fsp3) is 0.667. The second kappa shape index (κ2) is 7.72. The van der Waals surface area contributed by atoms with E-state index >= 15 is 0 Å². The van der Waals surface area contributed by atoms with Gasteiger partial charge in [-0.15, -0.1) is 24.8 Å². The molecule has 0 aliphatic carbocycles. The average Bonchev–Trinajstić information content (AvgIpc) is 2.41. The van der Waals surface area contributed by atoms with Crippen LogP contribution in [0.25, 0.3) is 0 Å². The maximum Gasteiger partial charge on any atom is 0.224 e. The van der Waals surface area contributed by atoms with E-state index in [0.717, 1.165) is 17.0 Å². The van der Waals surface area contributed by atoms with E-state index in [1.165, 1.54) is 0 Å². The predicted molar refractivity (Wildman–Crippen MR) is 82.2 cm³/mol. The minimum atomic E-state index is -0.380. The number of hydrogen-bond acceptors (Lipinski definition) is 3. The van der Waals surface area contributed by atoms with Crippen molar-refractivity contribution in [1.29, 1.82) is 0 Å². The highest BCUT2D eigenvalue weighted by Crippen LogP contribution is 2.12. The summed E-state index contributed by atoms with van der Waals surface area (Å²) < 4.78 is 1.80. The van der Waals surface area contributed by atoms with Crippen LogP contribution < -0.4 is 11.1 Å². The Morgan fingerprint density at radius 1 is 1.37 bits per heavy atom. The summed E-state index contributed by atoms with van der Waals surface area (Å²) in [6.07, 6.45) is 0.363. The van der Waals surface area contributed by atoms with Crippen molar-refractivity contribution in [3.63, 3.8) is 0 Å². The number of halogens is 2. The zero-order valence-electron chi connectivity index (χ0n) is 12.1. The molecule has 0 atom stereocenters. The highest BCUT2D eigenvalue weighted by atomic mass is 35.5. The van der Waals surface area contributed by atoms with E-state index < -0.39 is 0 Å². The maximum atomic E-state index is 11.8. The average molecular weight is 311 g/mol. The fourth-order valence-corrected chi connectivity index (χ4v) is 1.62. The molecule has 19 heavy (non-hydrogen) atoms. The molecule has 1 rings (SSSR count). The molecular formula is C12H24Cl2N4O. The van der Waals surface area contributed by atoms with Gasteiger partial charge >= 0.3 is 0 Å². The standard InChI is InChI=1S/C12H22N4O.2ClH/c1-8-10(9(2)16(5)15-8)6-11(17)14-7-12(3,4)13;;/h6-7,13H2,1-5H3,(H,14,17);2*1H. The smallest absolute Gasteiger partial charge is 0.224 e. The van der Waals surface area contributed by atoms with Crippen LogP contribution in [0.2, 0.25) is 0 Å². The minimum absolute atomic E-state index is 0. The number of aromatic nitrogens is 2. The summed E-state index contributed by atoms with van der Waals surface area (Å²) in [5, 5.41) is 7.12. The number of carbonyl (C=O) groups excluding carboxylic acids is 1. The van der Waals surface area contributed by atoms with Gasteiger partial charge in [-0.3, -0.25) is 9.48 Å². The molecule has 0 bridgehead atoms. The SMILES string of the molecule is Cc1nn(C)c(C)c1CC(=O)NCC(C)(C)N.Cl.Cl. The lowest BCUT2D eigenvalue weighted by molar-refractivity contribution is -0.120. The molecule has 1 heterocycles. The van der Waals surface area contributed by atoms with Gasteiger partial charge in [0.05, 0.1) is 12.1 Å². The van der Waals surface area contributed by atoms with Gasteiger partial charge in [0.1, 0.15) is 0 Å². The van der Waals surface area contributed by atoms with Crippen molar-refractivity contribution in [3.05, 3.63) is 17.0 Å². The Bertz CT molecular complexity index is 424. The van der Waals surface area contributed by atoms with Gasteiger partial charge in [0, 0.05) is 30.4 Å². The van der Waals surface area contributed by atoms with E-state index in [4.69, 9.17) is 5.73 Å². The number of aryl methyl sites for hydroxylation is 2. The van der Waals surface area contributed by atoms with Gasteiger partial charge in [-0.2, -0.15) is 5.10 Å². The Morgan fingerprint density at radius 2 is 1.89 bits per heavy atom. The van der Waals surface area contributed by atoms with Crippen molar-refractivity contribution in [2.75, 3.05) is 6.54 Å². The molecule has 5 nitrogen and oxygen atoms in total. The summed E-state index contributed by atoms with van der Waals surface area (Å²) in [6, 6.07) is 0. The van der Waals surface area contributed by atoms with Gasteiger partial charge in [-0.1, -0.05) is 0 Å². The quantitative estimate of drug-likeness (QED) is 0.880. The topological polar surface area (TPSA) is 72.9 Å². The molecule has 0 aromatic carbocycles. The maximum absolute atomic E-state index is 11.8. The monoisotopic (exact) mass is 310 g/mol. The third-order valence-corrected chi connectivity index (χ3v) is 2.74. The van der Waals surface area contributed by atoms with Crippen molar-refractivity contribution in [2.45, 2.75) is 39.7 Å². The van der Waals surface area contributed by atoms with Crippen LogP contribution in [0.3, 0.4) is 0 Å². The van der Waals surface area contributed by atoms with E-state index in [0.29, 0.717) is 13.0 Å². The summed E-state index contributed by atoms with van der Waals surface area (Å²) >= 11 is 0. The zero-order valence-corrected chi connectivity index (χ0v) is 13.7. The van der Waals surface area contributed by atoms with Crippen molar-refractivity contribution in [3.8, 4) is 0 Å². The Hall–Kier alpha value is -0.780. The number of nitrogens with two attached hydrogens (primary N) is 1. The number of carbonyl (C=O) groups is 1. The van der Waals surface area contributed by atoms with Gasteiger partial charge in [0.2, 0.25) is 5.91 Å². The molecule has 7 heteroatoms. The highest BCUT2D eigenvalue weighted by molar-refractivity contribution is 5.85. The Morgan fingerprint density at radius 3 is 2.26 bits per heavy atom. The molecule has 0 saturated heterocycles. The first kappa shape index (κ1) is 20.5. The van der Waals surface area contributed by atoms with Gasteiger partial charge in [-0.05, 0) is 27.7 Å². The molecule has 0 radical (unpaired) electrons. The number of nitrogens with zero attached hydrogens (tertiary/aromatic N) is 2. The van der Waals surface area contributed by atoms with Gasteiger partial charge < -0.3 is 11.1 Å². The van der Waals surface area contributed by atoms with Crippen LogP contribution in [0.4, 0.5) is 0 Å². The molecule has 1 aromatic rings. The Kier molecular flexibility index (Phi) is 8.35. The van der Waals surface area contributed by atoms with E-state index in [-0.39, 0.29) is 36.3 Å². The van der Waals surface area contributed by atoms with Crippen LogP contribution >= 0.6 is 24.8 Å². The van der Waals surface area contributed by atoms with Crippen LogP contribution in [-0.4, -0.2) is 27.8 Å². The molecule has 0 aliphatic heterocycles. The van der Waals surface area contributed by atoms with Crippen LogP contribution in [0, 0.1) is 13.8 Å². The molecule has 3 N–H and O–H groups in total. The highest BCUT2D eigenvalue weighted by Gasteiger charge is 2.16. The Balaban J connectivity index is 0. The summed E-state index contributed by atoms with van der Waals surface area (Å²) in [4.78, 5) is 11.8. The van der Waals surface area contributed by atoms with Crippen LogP contribution in [0.1, 0.15) is 30.8 Å². The molecule has 1 aromatic heterocycles. The molecule has 0 unspecified atom stereocenters. The molecule has 1 amide bonds. The molecule has 0 spiro atoms. The van der Waals surface area contributed by atoms with Crippen molar-refractivity contribution >= 4 is 30.7 Å². The summed E-state index contributed by atoms with van der Waals surface area (Å²) in [5.74, 6) is -0.0114.